The molecule has 1 heterocycles. The Morgan fingerprint density at radius 3 is 3.00 bits per heavy atom. The van der Waals surface area contributed by atoms with Crippen LogP contribution in [0.4, 0.5) is 0 Å². The first-order valence-corrected chi connectivity index (χ1v) is 5.65. The van der Waals surface area contributed by atoms with E-state index in [0.29, 0.717) is 13.2 Å². The second-order valence-corrected chi connectivity index (χ2v) is 4.33. The largest absolute Gasteiger partial charge is 0.544 e. The number of ether oxygens (including phenoxy) is 1. The van der Waals surface area contributed by atoms with Crippen molar-refractivity contribution >= 4 is 17.3 Å². The number of aliphatic carboxylic acids is 1. The average molecular weight is 229 g/mol. The van der Waals surface area contributed by atoms with Crippen molar-refractivity contribution in [2.24, 2.45) is 0 Å². The lowest BCUT2D eigenvalue weighted by molar-refractivity contribution is -0.908. The van der Waals surface area contributed by atoms with Crippen molar-refractivity contribution in [2.75, 3.05) is 26.8 Å². The molecule has 1 unspecified atom stereocenters. The zero-order valence-corrected chi connectivity index (χ0v) is 9.51. The summed E-state index contributed by atoms with van der Waals surface area (Å²) in [6.45, 7) is 1.99. The molecule has 0 amide bonds. The summed E-state index contributed by atoms with van der Waals surface area (Å²) in [7, 11) is 1.61. The summed E-state index contributed by atoms with van der Waals surface area (Å²) < 4.78 is 4.94. The van der Waals surface area contributed by atoms with E-state index in [1.165, 1.54) is 4.88 Å². The van der Waals surface area contributed by atoms with Crippen molar-refractivity contribution < 1.29 is 19.5 Å². The Morgan fingerprint density at radius 2 is 2.47 bits per heavy atom. The van der Waals surface area contributed by atoms with E-state index in [2.05, 4.69) is 0 Å². The van der Waals surface area contributed by atoms with E-state index < -0.39 is 5.97 Å². The third-order valence-electron chi connectivity index (χ3n) is 2.06. The molecule has 1 N–H and O–H groups in total. The van der Waals surface area contributed by atoms with Gasteiger partial charge in [-0.1, -0.05) is 6.07 Å². The Balaban J connectivity index is 2.44. The van der Waals surface area contributed by atoms with Crippen molar-refractivity contribution in [2.45, 2.75) is 6.54 Å². The standard InChI is InChI=1S/C10H15NO3S/c1-14-5-4-11(8-10(12)13)7-9-3-2-6-15-9/h2-3,6H,4-5,7-8H2,1H3,(H,12,13). The van der Waals surface area contributed by atoms with Gasteiger partial charge < -0.3 is 19.5 Å². The molecule has 0 spiro atoms. The SMILES string of the molecule is COCC[NH+](CC(=O)[O-])Cc1cccs1. The van der Waals surface area contributed by atoms with Crippen molar-refractivity contribution in [1.29, 1.82) is 0 Å². The number of carboxylic acids is 1. The van der Waals surface area contributed by atoms with Crippen LogP contribution in [0, 0.1) is 0 Å². The normalized spacial score (nSPS) is 12.6. The number of hydrogen-bond acceptors (Lipinski definition) is 4. The molecule has 1 aromatic rings. The molecule has 1 rings (SSSR count). The number of carbonyl (C=O) groups excluding carboxylic acids is 1. The highest BCUT2D eigenvalue weighted by atomic mass is 32.1. The van der Waals surface area contributed by atoms with Gasteiger partial charge in [-0.15, -0.1) is 11.3 Å². The van der Waals surface area contributed by atoms with Gasteiger partial charge in [0.25, 0.3) is 0 Å². The number of rotatable bonds is 7. The Kier molecular flexibility index (Phi) is 5.31. The van der Waals surface area contributed by atoms with Gasteiger partial charge in [0, 0.05) is 7.11 Å². The second-order valence-electron chi connectivity index (χ2n) is 3.30. The molecular weight excluding hydrogens is 214 g/mol. The first-order valence-electron chi connectivity index (χ1n) is 4.77. The van der Waals surface area contributed by atoms with Gasteiger partial charge in [0.05, 0.1) is 17.5 Å². The fraction of sp³-hybridized carbons (Fsp3) is 0.500. The van der Waals surface area contributed by atoms with Gasteiger partial charge in [-0.05, 0) is 11.4 Å². The molecule has 0 aliphatic carbocycles. The minimum atomic E-state index is -1.02. The zero-order chi connectivity index (χ0) is 11.1. The Labute approximate surface area is 93.1 Å². The van der Waals surface area contributed by atoms with E-state index in [1.54, 1.807) is 18.4 Å². The van der Waals surface area contributed by atoms with Crippen LogP contribution in [0.25, 0.3) is 0 Å². The van der Waals surface area contributed by atoms with Crippen LogP contribution in [0.15, 0.2) is 17.5 Å². The zero-order valence-electron chi connectivity index (χ0n) is 8.69. The van der Waals surface area contributed by atoms with Crippen LogP contribution in [0.3, 0.4) is 0 Å². The van der Waals surface area contributed by atoms with Crippen LogP contribution in [-0.2, 0) is 16.1 Å². The topological polar surface area (TPSA) is 53.8 Å². The number of hydrogen-bond donors (Lipinski definition) is 1. The van der Waals surface area contributed by atoms with Crippen LogP contribution in [-0.4, -0.2) is 32.8 Å². The molecular formula is C10H15NO3S. The Morgan fingerprint density at radius 1 is 1.67 bits per heavy atom. The van der Waals surface area contributed by atoms with E-state index in [4.69, 9.17) is 4.74 Å². The van der Waals surface area contributed by atoms with E-state index in [9.17, 15) is 9.90 Å². The number of carbonyl (C=O) groups is 1. The highest BCUT2D eigenvalue weighted by molar-refractivity contribution is 7.09. The summed E-state index contributed by atoms with van der Waals surface area (Å²) in [6, 6.07) is 3.97. The summed E-state index contributed by atoms with van der Waals surface area (Å²) in [5.41, 5.74) is 0. The van der Waals surface area contributed by atoms with Gasteiger partial charge >= 0.3 is 0 Å². The van der Waals surface area contributed by atoms with E-state index in [-0.39, 0.29) is 6.54 Å². The molecule has 15 heavy (non-hydrogen) atoms. The predicted octanol–water partition coefficient (Wildman–Crippen LogP) is -1.47. The van der Waals surface area contributed by atoms with Gasteiger partial charge in [-0.25, -0.2) is 0 Å². The Bertz CT molecular complexity index is 287. The monoisotopic (exact) mass is 229 g/mol. The van der Waals surface area contributed by atoms with Crippen LogP contribution in [0.1, 0.15) is 4.88 Å². The molecule has 1 aromatic heterocycles. The summed E-state index contributed by atoms with van der Waals surface area (Å²) in [5.74, 6) is -1.02. The maximum absolute atomic E-state index is 10.5. The molecule has 0 aliphatic rings. The van der Waals surface area contributed by atoms with Gasteiger partial charge in [0.15, 0.2) is 0 Å². The number of carboxylic acid groups (broad SMARTS) is 1. The maximum atomic E-state index is 10.5. The first kappa shape index (κ1) is 12.2. The van der Waals surface area contributed by atoms with Crippen molar-refractivity contribution in [3.63, 3.8) is 0 Å². The van der Waals surface area contributed by atoms with Crippen LogP contribution in [0.5, 0.6) is 0 Å². The third-order valence-corrected chi connectivity index (χ3v) is 2.93. The highest BCUT2D eigenvalue weighted by Crippen LogP contribution is 2.05. The number of nitrogens with one attached hydrogen (secondary N) is 1. The molecule has 0 radical (unpaired) electrons. The average Bonchev–Trinajstić information content (AvgIpc) is 2.66. The van der Waals surface area contributed by atoms with Gasteiger partial charge in [-0.2, -0.15) is 0 Å². The molecule has 0 fully saturated rings. The smallest absolute Gasteiger partial charge is 0.118 e. The summed E-state index contributed by atoms with van der Waals surface area (Å²) >= 11 is 1.64. The minimum absolute atomic E-state index is 0.0290. The van der Waals surface area contributed by atoms with Crippen molar-refractivity contribution in [3.05, 3.63) is 22.4 Å². The number of thiophene rings is 1. The van der Waals surface area contributed by atoms with Gasteiger partial charge in [-0.3, -0.25) is 0 Å². The minimum Gasteiger partial charge on any atom is -0.544 e. The van der Waals surface area contributed by atoms with E-state index in [0.717, 1.165) is 11.4 Å². The number of quaternary nitrogens is 1. The molecule has 4 nitrogen and oxygen atoms in total. The fourth-order valence-corrected chi connectivity index (χ4v) is 2.13. The van der Waals surface area contributed by atoms with E-state index >= 15 is 0 Å². The predicted molar refractivity (Wildman–Crippen MR) is 55.6 cm³/mol. The first-order chi connectivity index (χ1) is 7.22. The summed E-state index contributed by atoms with van der Waals surface area (Å²) in [6.07, 6.45) is 0. The number of methoxy groups -OCH3 is 1. The van der Waals surface area contributed by atoms with Gasteiger partial charge in [0.1, 0.15) is 19.6 Å². The molecule has 84 valence electrons. The maximum Gasteiger partial charge on any atom is 0.118 e. The lowest BCUT2D eigenvalue weighted by Gasteiger charge is -2.18. The molecule has 0 saturated carbocycles. The van der Waals surface area contributed by atoms with E-state index in [1.807, 2.05) is 17.5 Å². The highest BCUT2D eigenvalue weighted by Gasteiger charge is 2.10. The van der Waals surface area contributed by atoms with Crippen LogP contribution in [0.2, 0.25) is 0 Å². The van der Waals surface area contributed by atoms with Crippen molar-refractivity contribution in [3.8, 4) is 0 Å². The van der Waals surface area contributed by atoms with Crippen LogP contribution < -0.4 is 10.0 Å². The Hall–Kier alpha value is -0.910. The van der Waals surface area contributed by atoms with Crippen LogP contribution >= 0.6 is 11.3 Å². The fourth-order valence-electron chi connectivity index (χ4n) is 1.35. The summed E-state index contributed by atoms with van der Waals surface area (Å²) in [4.78, 5) is 12.7. The third kappa shape index (κ3) is 4.92. The lowest BCUT2D eigenvalue weighted by Crippen LogP contribution is -3.12. The lowest BCUT2D eigenvalue weighted by atomic mass is 10.4. The quantitative estimate of drug-likeness (QED) is 0.621. The molecule has 1 atom stereocenters. The molecule has 5 heteroatoms. The van der Waals surface area contributed by atoms with Gasteiger partial charge in [0.2, 0.25) is 0 Å². The molecule has 0 bridgehead atoms. The van der Waals surface area contributed by atoms with Crippen molar-refractivity contribution in [1.82, 2.24) is 0 Å². The second kappa shape index (κ2) is 6.55. The molecule has 0 aromatic carbocycles. The molecule has 0 saturated heterocycles. The summed E-state index contributed by atoms with van der Waals surface area (Å²) in [5, 5.41) is 12.5. The molecule has 0 aliphatic heterocycles.